The molecule has 0 aliphatic heterocycles. The molecule has 0 saturated heterocycles. The zero-order valence-corrected chi connectivity index (χ0v) is 15.0. The van der Waals surface area contributed by atoms with Crippen LogP contribution >= 0.6 is 11.3 Å². The Morgan fingerprint density at radius 2 is 1.35 bits per heavy atom. The van der Waals surface area contributed by atoms with Gasteiger partial charge in [-0.2, -0.15) is 4.39 Å². The quantitative estimate of drug-likeness (QED) is 0.446. The fourth-order valence-corrected chi connectivity index (χ4v) is 3.48. The molecular formula is C20H16F4OS. The summed E-state index contributed by atoms with van der Waals surface area (Å²) in [4.78, 5) is 1.53. The molecule has 0 N–H and O–H groups in total. The van der Waals surface area contributed by atoms with Crippen LogP contribution < -0.4 is 4.74 Å². The van der Waals surface area contributed by atoms with Crippen molar-refractivity contribution in [2.75, 3.05) is 6.61 Å². The zero-order chi connectivity index (χ0) is 18.8. The van der Waals surface area contributed by atoms with Crippen LogP contribution in [0, 0.1) is 30.2 Å². The summed E-state index contributed by atoms with van der Waals surface area (Å²) < 4.78 is 62.7. The van der Waals surface area contributed by atoms with E-state index in [9.17, 15) is 17.6 Å². The smallest absolute Gasteiger partial charge is 0.201 e. The topological polar surface area (TPSA) is 9.23 Å². The Balaban J connectivity index is 2.05. The van der Waals surface area contributed by atoms with Gasteiger partial charge in [-0.05, 0) is 43.7 Å². The average Bonchev–Trinajstić information content (AvgIpc) is 3.05. The van der Waals surface area contributed by atoms with E-state index >= 15 is 0 Å². The number of rotatable bonds is 5. The molecule has 3 rings (SSSR count). The SMILES string of the molecule is CCCOc1ccc(-c2ccc(-c3ccc(C)s3)c(F)c2F)c(F)c1F. The molecule has 0 amide bonds. The van der Waals surface area contributed by atoms with Crippen LogP contribution in [0.5, 0.6) is 5.75 Å². The molecule has 0 aliphatic carbocycles. The maximum absolute atomic E-state index is 14.6. The van der Waals surface area contributed by atoms with Crippen molar-refractivity contribution < 1.29 is 22.3 Å². The molecule has 2 aromatic carbocycles. The molecule has 136 valence electrons. The normalized spacial score (nSPS) is 11.0. The van der Waals surface area contributed by atoms with E-state index in [0.717, 1.165) is 4.88 Å². The summed E-state index contributed by atoms with van der Waals surface area (Å²) in [5.74, 6) is -5.03. The van der Waals surface area contributed by atoms with Crippen LogP contribution in [0.1, 0.15) is 18.2 Å². The molecule has 0 atom stereocenters. The molecule has 1 nitrogen and oxygen atoms in total. The predicted molar refractivity (Wildman–Crippen MR) is 95.5 cm³/mol. The Hall–Kier alpha value is -2.34. The Labute approximate surface area is 152 Å². The second-order valence-electron chi connectivity index (χ2n) is 5.79. The Kier molecular flexibility index (Phi) is 5.32. The number of halogens is 4. The number of benzene rings is 2. The van der Waals surface area contributed by atoms with E-state index in [4.69, 9.17) is 4.74 Å². The van der Waals surface area contributed by atoms with Crippen LogP contribution in [-0.4, -0.2) is 6.61 Å². The Morgan fingerprint density at radius 1 is 0.769 bits per heavy atom. The van der Waals surface area contributed by atoms with Gasteiger partial charge in [0.15, 0.2) is 23.2 Å². The van der Waals surface area contributed by atoms with Crippen molar-refractivity contribution in [3.63, 3.8) is 0 Å². The molecule has 1 heterocycles. The van der Waals surface area contributed by atoms with Crippen molar-refractivity contribution in [3.05, 3.63) is 64.5 Å². The molecule has 0 bridgehead atoms. The molecule has 0 aliphatic rings. The van der Waals surface area contributed by atoms with E-state index < -0.39 is 23.3 Å². The lowest BCUT2D eigenvalue weighted by molar-refractivity contribution is 0.295. The van der Waals surface area contributed by atoms with E-state index in [1.165, 1.54) is 35.6 Å². The molecule has 0 saturated carbocycles. The van der Waals surface area contributed by atoms with Gasteiger partial charge in [-0.25, -0.2) is 13.2 Å². The van der Waals surface area contributed by atoms with Crippen LogP contribution in [-0.2, 0) is 0 Å². The second-order valence-corrected chi connectivity index (χ2v) is 7.07. The van der Waals surface area contributed by atoms with Crippen molar-refractivity contribution in [1.82, 2.24) is 0 Å². The molecule has 0 fully saturated rings. The lowest BCUT2D eigenvalue weighted by atomic mass is 10.0. The summed E-state index contributed by atoms with van der Waals surface area (Å²) in [7, 11) is 0. The van der Waals surface area contributed by atoms with Crippen LogP contribution in [0.4, 0.5) is 17.6 Å². The van der Waals surface area contributed by atoms with Gasteiger partial charge in [0, 0.05) is 26.4 Å². The van der Waals surface area contributed by atoms with Gasteiger partial charge in [0.1, 0.15) is 0 Å². The van der Waals surface area contributed by atoms with Crippen molar-refractivity contribution in [2.45, 2.75) is 20.3 Å². The van der Waals surface area contributed by atoms with Crippen LogP contribution in [0.15, 0.2) is 36.4 Å². The number of hydrogen-bond acceptors (Lipinski definition) is 2. The van der Waals surface area contributed by atoms with Crippen molar-refractivity contribution >= 4 is 11.3 Å². The highest BCUT2D eigenvalue weighted by atomic mass is 32.1. The first-order valence-electron chi connectivity index (χ1n) is 8.10. The highest BCUT2D eigenvalue weighted by molar-refractivity contribution is 7.15. The number of aryl methyl sites for hydroxylation is 1. The fraction of sp³-hybridized carbons (Fsp3) is 0.200. The second kappa shape index (κ2) is 7.50. The predicted octanol–water partition coefficient (Wildman–Crippen LogP) is 6.74. The monoisotopic (exact) mass is 380 g/mol. The molecule has 1 aromatic heterocycles. The number of thiophene rings is 1. The van der Waals surface area contributed by atoms with Gasteiger partial charge in [-0.15, -0.1) is 11.3 Å². The first kappa shape index (κ1) is 18.5. The highest BCUT2D eigenvalue weighted by Gasteiger charge is 2.22. The summed E-state index contributed by atoms with van der Waals surface area (Å²) in [5, 5.41) is 0. The third kappa shape index (κ3) is 3.33. The van der Waals surface area contributed by atoms with Gasteiger partial charge in [-0.1, -0.05) is 13.0 Å². The molecular weight excluding hydrogens is 364 g/mol. The Morgan fingerprint density at radius 3 is 1.96 bits per heavy atom. The first-order chi connectivity index (χ1) is 12.4. The summed E-state index contributed by atoms with van der Waals surface area (Å²) in [6.45, 7) is 3.92. The van der Waals surface area contributed by atoms with E-state index in [1.807, 2.05) is 13.8 Å². The van der Waals surface area contributed by atoms with Crippen LogP contribution in [0.2, 0.25) is 0 Å². The van der Waals surface area contributed by atoms with E-state index in [1.54, 1.807) is 12.1 Å². The summed E-state index contributed by atoms with van der Waals surface area (Å²) in [6.07, 6.45) is 0.631. The highest BCUT2D eigenvalue weighted by Crippen LogP contribution is 2.37. The molecule has 0 radical (unpaired) electrons. The standard InChI is InChI=1S/C20H16F4OS/c1-3-10-25-15-8-7-13(18(22)20(15)24)12-5-6-14(19(23)17(12)21)16-9-4-11(2)26-16/h4-9H,3,10H2,1-2H3. The minimum atomic E-state index is -1.27. The summed E-state index contributed by atoms with van der Waals surface area (Å²) >= 11 is 1.32. The maximum Gasteiger partial charge on any atom is 0.201 e. The van der Waals surface area contributed by atoms with Crippen molar-refractivity contribution in [2.24, 2.45) is 0 Å². The van der Waals surface area contributed by atoms with Crippen LogP contribution in [0.25, 0.3) is 21.6 Å². The van der Waals surface area contributed by atoms with Gasteiger partial charge in [0.2, 0.25) is 5.82 Å². The van der Waals surface area contributed by atoms with Gasteiger partial charge in [0.05, 0.1) is 6.61 Å². The number of hydrogen-bond donors (Lipinski definition) is 0. The third-order valence-corrected chi connectivity index (χ3v) is 4.92. The maximum atomic E-state index is 14.6. The van der Waals surface area contributed by atoms with Crippen molar-refractivity contribution in [1.29, 1.82) is 0 Å². The molecule has 0 unspecified atom stereocenters. The Bertz CT molecular complexity index is 949. The zero-order valence-electron chi connectivity index (χ0n) is 14.2. The summed E-state index contributed by atoms with van der Waals surface area (Å²) in [5.41, 5.74) is -0.595. The van der Waals surface area contributed by atoms with Gasteiger partial charge >= 0.3 is 0 Å². The van der Waals surface area contributed by atoms with Crippen molar-refractivity contribution in [3.8, 4) is 27.3 Å². The lowest BCUT2D eigenvalue weighted by Gasteiger charge is -2.12. The average molecular weight is 380 g/mol. The van der Waals surface area contributed by atoms with Gasteiger partial charge in [0.25, 0.3) is 0 Å². The third-order valence-electron chi connectivity index (χ3n) is 3.89. The number of ether oxygens (including phenoxy) is 1. The van der Waals surface area contributed by atoms with E-state index in [2.05, 4.69) is 0 Å². The van der Waals surface area contributed by atoms with E-state index in [0.29, 0.717) is 11.3 Å². The molecule has 3 aromatic rings. The molecule has 6 heteroatoms. The minimum absolute atomic E-state index is 0.0909. The molecule has 0 spiro atoms. The van der Waals surface area contributed by atoms with Gasteiger partial charge in [-0.3, -0.25) is 0 Å². The van der Waals surface area contributed by atoms with E-state index in [-0.39, 0.29) is 29.0 Å². The van der Waals surface area contributed by atoms with Gasteiger partial charge < -0.3 is 4.74 Å². The summed E-state index contributed by atoms with van der Waals surface area (Å²) in [6, 6.07) is 8.53. The van der Waals surface area contributed by atoms with Crippen LogP contribution in [0.3, 0.4) is 0 Å². The first-order valence-corrected chi connectivity index (χ1v) is 8.91. The lowest BCUT2D eigenvalue weighted by Crippen LogP contribution is -2.01. The largest absolute Gasteiger partial charge is 0.490 e. The minimum Gasteiger partial charge on any atom is -0.490 e. The molecule has 26 heavy (non-hydrogen) atoms. The fourth-order valence-electron chi connectivity index (χ4n) is 2.59.